The SMILES string of the molecule is CO[C@@H]1C[C@H](OC(C)=O)[C@@H](COC(C)=O)O1. The van der Waals surface area contributed by atoms with Crippen LogP contribution in [-0.2, 0) is 28.5 Å². The molecule has 0 N–H and O–H groups in total. The lowest BCUT2D eigenvalue weighted by molar-refractivity contribution is -0.161. The van der Waals surface area contributed by atoms with E-state index in [1.54, 1.807) is 0 Å². The lowest BCUT2D eigenvalue weighted by Crippen LogP contribution is -2.31. The molecule has 1 rings (SSSR count). The third-order valence-corrected chi connectivity index (χ3v) is 2.20. The number of rotatable bonds is 4. The van der Waals surface area contributed by atoms with E-state index in [1.165, 1.54) is 21.0 Å². The summed E-state index contributed by atoms with van der Waals surface area (Å²) in [6, 6.07) is 0. The summed E-state index contributed by atoms with van der Waals surface area (Å²) in [5.74, 6) is -0.788. The molecule has 0 aromatic rings. The van der Waals surface area contributed by atoms with Crippen molar-refractivity contribution >= 4 is 11.9 Å². The van der Waals surface area contributed by atoms with Crippen molar-refractivity contribution in [2.24, 2.45) is 0 Å². The molecule has 0 radical (unpaired) electrons. The van der Waals surface area contributed by atoms with E-state index in [0.29, 0.717) is 6.42 Å². The van der Waals surface area contributed by atoms with E-state index >= 15 is 0 Å². The topological polar surface area (TPSA) is 71.1 Å². The molecule has 1 heterocycles. The van der Waals surface area contributed by atoms with Gasteiger partial charge in [-0.1, -0.05) is 0 Å². The van der Waals surface area contributed by atoms with E-state index in [-0.39, 0.29) is 6.61 Å². The molecule has 0 amide bonds. The first-order valence-corrected chi connectivity index (χ1v) is 5.01. The second-order valence-corrected chi connectivity index (χ2v) is 3.53. The molecule has 16 heavy (non-hydrogen) atoms. The molecule has 0 aromatic heterocycles. The molecule has 1 aliphatic heterocycles. The Bertz CT molecular complexity index is 264. The molecule has 0 unspecified atom stereocenters. The quantitative estimate of drug-likeness (QED) is 0.647. The molecular weight excluding hydrogens is 216 g/mol. The summed E-state index contributed by atoms with van der Waals surface area (Å²) in [7, 11) is 1.50. The van der Waals surface area contributed by atoms with E-state index in [9.17, 15) is 9.59 Å². The number of carbonyl (C=O) groups excluding carboxylic acids is 2. The van der Waals surface area contributed by atoms with Crippen LogP contribution >= 0.6 is 0 Å². The van der Waals surface area contributed by atoms with Gasteiger partial charge in [0.15, 0.2) is 6.29 Å². The third-order valence-electron chi connectivity index (χ3n) is 2.20. The van der Waals surface area contributed by atoms with Gasteiger partial charge in [0.1, 0.15) is 18.8 Å². The highest BCUT2D eigenvalue weighted by Crippen LogP contribution is 2.24. The number of hydrogen-bond donors (Lipinski definition) is 0. The van der Waals surface area contributed by atoms with E-state index < -0.39 is 30.4 Å². The van der Waals surface area contributed by atoms with Crippen molar-refractivity contribution in [2.75, 3.05) is 13.7 Å². The molecule has 0 spiro atoms. The fourth-order valence-corrected chi connectivity index (χ4v) is 1.51. The van der Waals surface area contributed by atoms with Gasteiger partial charge in [0.05, 0.1) is 0 Å². The highest BCUT2D eigenvalue weighted by Gasteiger charge is 2.38. The summed E-state index contributed by atoms with van der Waals surface area (Å²) >= 11 is 0. The summed E-state index contributed by atoms with van der Waals surface area (Å²) < 4.78 is 20.3. The van der Waals surface area contributed by atoms with Gasteiger partial charge in [-0.15, -0.1) is 0 Å². The van der Waals surface area contributed by atoms with Crippen LogP contribution in [0.3, 0.4) is 0 Å². The van der Waals surface area contributed by atoms with Crippen molar-refractivity contribution in [3.8, 4) is 0 Å². The minimum Gasteiger partial charge on any atom is -0.463 e. The third kappa shape index (κ3) is 3.79. The van der Waals surface area contributed by atoms with Crippen LogP contribution in [0.2, 0.25) is 0 Å². The maximum Gasteiger partial charge on any atom is 0.303 e. The van der Waals surface area contributed by atoms with Crippen molar-refractivity contribution < 1.29 is 28.5 Å². The summed E-state index contributed by atoms with van der Waals surface area (Å²) in [4.78, 5) is 21.5. The maximum absolute atomic E-state index is 10.9. The Morgan fingerprint density at radius 1 is 1.31 bits per heavy atom. The second kappa shape index (κ2) is 5.81. The fourth-order valence-electron chi connectivity index (χ4n) is 1.51. The Kier molecular flexibility index (Phi) is 4.70. The van der Waals surface area contributed by atoms with Crippen LogP contribution in [0.4, 0.5) is 0 Å². The summed E-state index contributed by atoms with van der Waals surface area (Å²) in [5.41, 5.74) is 0. The first kappa shape index (κ1) is 12.9. The molecule has 6 heteroatoms. The van der Waals surface area contributed by atoms with Gasteiger partial charge >= 0.3 is 11.9 Å². The van der Waals surface area contributed by atoms with Gasteiger partial charge in [-0.25, -0.2) is 0 Å². The van der Waals surface area contributed by atoms with E-state index in [0.717, 1.165) is 0 Å². The molecule has 3 atom stereocenters. The van der Waals surface area contributed by atoms with Crippen LogP contribution < -0.4 is 0 Å². The van der Waals surface area contributed by atoms with Crippen LogP contribution in [0.15, 0.2) is 0 Å². The van der Waals surface area contributed by atoms with Gasteiger partial charge in [0, 0.05) is 27.4 Å². The molecule has 92 valence electrons. The smallest absolute Gasteiger partial charge is 0.303 e. The molecule has 0 aromatic carbocycles. The average molecular weight is 232 g/mol. The minimum absolute atomic E-state index is 0.0626. The Hall–Kier alpha value is -1.14. The van der Waals surface area contributed by atoms with E-state index in [2.05, 4.69) is 0 Å². The van der Waals surface area contributed by atoms with Gasteiger partial charge in [-0.05, 0) is 0 Å². The van der Waals surface area contributed by atoms with Crippen molar-refractivity contribution in [1.82, 2.24) is 0 Å². The largest absolute Gasteiger partial charge is 0.463 e. The van der Waals surface area contributed by atoms with E-state index in [1.807, 2.05) is 0 Å². The highest BCUT2D eigenvalue weighted by molar-refractivity contribution is 5.66. The van der Waals surface area contributed by atoms with Gasteiger partial charge in [0.25, 0.3) is 0 Å². The summed E-state index contributed by atoms with van der Waals surface area (Å²) in [5, 5.41) is 0. The van der Waals surface area contributed by atoms with Crippen molar-refractivity contribution in [3.05, 3.63) is 0 Å². The maximum atomic E-state index is 10.9. The zero-order valence-corrected chi connectivity index (χ0v) is 9.60. The van der Waals surface area contributed by atoms with Gasteiger partial charge in [-0.2, -0.15) is 0 Å². The monoisotopic (exact) mass is 232 g/mol. The lowest BCUT2D eigenvalue weighted by Gasteiger charge is -2.17. The Balaban J connectivity index is 2.49. The molecule has 0 aliphatic carbocycles. The Morgan fingerprint density at radius 2 is 2.00 bits per heavy atom. The second-order valence-electron chi connectivity index (χ2n) is 3.53. The van der Waals surface area contributed by atoms with Crippen LogP contribution in [0.25, 0.3) is 0 Å². The lowest BCUT2D eigenvalue weighted by atomic mass is 10.2. The number of ether oxygens (including phenoxy) is 4. The predicted molar refractivity (Wildman–Crippen MR) is 52.5 cm³/mol. The molecular formula is C10H16O6. The number of hydrogen-bond acceptors (Lipinski definition) is 6. The highest BCUT2D eigenvalue weighted by atomic mass is 16.7. The zero-order valence-electron chi connectivity index (χ0n) is 9.60. The van der Waals surface area contributed by atoms with E-state index in [4.69, 9.17) is 18.9 Å². The Labute approximate surface area is 93.8 Å². The van der Waals surface area contributed by atoms with Crippen LogP contribution in [-0.4, -0.2) is 44.2 Å². The van der Waals surface area contributed by atoms with Gasteiger partial charge < -0.3 is 18.9 Å². The molecule has 0 bridgehead atoms. The number of methoxy groups -OCH3 is 1. The molecule has 1 aliphatic rings. The van der Waals surface area contributed by atoms with Crippen LogP contribution in [0.5, 0.6) is 0 Å². The summed E-state index contributed by atoms with van der Waals surface area (Å²) in [6.45, 7) is 2.69. The Morgan fingerprint density at radius 3 is 2.50 bits per heavy atom. The zero-order chi connectivity index (χ0) is 12.1. The first-order valence-electron chi connectivity index (χ1n) is 5.01. The van der Waals surface area contributed by atoms with Crippen molar-refractivity contribution in [1.29, 1.82) is 0 Å². The normalized spacial score (nSPS) is 28.8. The molecule has 1 saturated heterocycles. The van der Waals surface area contributed by atoms with Crippen LogP contribution in [0, 0.1) is 0 Å². The summed E-state index contributed by atoms with van der Waals surface area (Å²) in [6.07, 6.45) is -0.869. The molecule has 6 nitrogen and oxygen atoms in total. The number of esters is 2. The standard InChI is InChI=1S/C10H16O6/c1-6(11)14-5-9-8(15-7(2)12)4-10(13-3)16-9/h8-10H,4-5H2,1-3H3/t8-,9+,10-/m0/s1. The first-order chi connectivity index (χ1) is 7.52. The van der Waals surface area contributed by atoms with Crippen LogP contribution in [0.1, 0.15) is 20.3 Å². The molecule has 1 fully saturated rings. The minimum atomic E-state index is -0.460. The number of carbonyl (C=O) groups is 2. The van der Waals surface area contributed by atoms with Gasteiger partial charge in [-0.3, -0.25) is 9.59 Å². The van der Waals surface area contributed by atoms with Crippen molar-refractivity contribution in [3.63, 3.8) is 0 Å². The molecule has 0 saturated carbocycles. The predicted octanol–water partition coefficient (Wildman–Crippen LogP) is 0.243. The average Bonchev–Trinajstić information content (AvgIpc) is 2.56. The fraction of sp³-hybridized carbons (Fsp3) is 0.800. The van der Waals surface area contributed by atoms with Crippen molar-refractivity contribution in [2.45, 2.75) is 38.8 Å². The van der Waals surface area contributed by atoms with Gasteiger partial charge in [0.2, 0.25) is 0 Å².